The predicted octanol–water partition coefficient (Wildman–Crippen LogP) is 3.23. The van der Waals surface area contributed by atoms with Crippen LogP contribution in [0.2, 0.25) is 0 Å². The Kier molecular flexibility index (Phi) is 5.76. The predicted molar refractivity (Wildman–Crippen MR) is 141 cm³/mol. The number of aryl methyl sites for hydroxylation is 2. The van der Waals surface area contributed by atoms with Crippen molar-refractivity contribution < 1.29 is 17.9 Å². The molecule has 5 rings (SSSR count). The first-order valence-electron chi connectivity index (χ1n) is 11.9. The summed E-state index contributed by atoms with van der Waals surface area (Å²) in [6.45, 7) is 5.85. The van der Waals surface area contributed by atoms with Gasteiger partial charge in [0.05, 0.1) is 10.6 Å². The number of hydrogen-bond acceptors (Lipinski definition) is 6. The molecule has 1 unspecified atom stereocenters. The summed E-state index contributed by atoms with van der Waals surface area (Å²) in [7, 11) is -2.56. The summed E-state index contributed by atoms with van der Waals surface area (Å²) in [5, 5.41) is 3.26. The van der Waals surface area contributed by atoms with Gasteiger partial charge < -0.3 is 20.4 Å². The third-order valence-corrected chi connectivity index (χ3v) is 8.61. The van der Waals surface area contributed by atoms with Gasteiger partial charge in [-0.05, 0) is 42.8 Å². The van der Waals surface area contributed by atoms with Gasteiger partial charge in [-0.1, -0.05) is 37.6 Å². The van der Waals surface area contributed by atoms with E-state index in [1.54, 1.807) is 36.5 Å². The average molecular weight is 521 g/mol. The minimum atomic E-state index is -4.09. The maximum Gasteiger partial charge on any atom is 0.275 e. The number of amides is 1. The van der Waals surface area contributed by atoms with Crippen LogP contribution in [0.3, 0.4) is 0 Å². The maximum absolute atomic E-state index is 13.7. The normalized spacial score (nSPS) is 17.5. The molecule has 3 N–H and O–H groups in total. The number of nitrogens with one attached hydrogen (secondary N) is 1. The number of nitrogens with two attached hydrogens (primary N) is 1. The summed E-state index contributed by atoms with van der Waals surface area (Å²) >= 11 is 0. The van der Waals surface area contributed by atoms with E-state index in [9.17, 15) is 18.0 Å². The lowest BCUT2D eigenvalue weighted by molar-refractivity contribution is -0.137. The molecule has 0 radical (unpaired) electrons. The number of benzene rings is 2. The Labute approximate surface area is 214 Å². The molecule has 2 aromatic carbocycles. The molecule has 2 aromatic heterocycles. The van der Waals surface area contributed by atoms with Gasteiger partial charge in [-0.2, -0.15) is 0 Å². The minimum Gasteiger partial charge on any atom is -0.470 e. The molecule has 0 bridgehead atoms. The van der Waals surface area contributed by atoms with E-state index >= 15 is 0 Å². The largest absolute Gasteiger partial charge is 0.470 e. The minimum absolute atomic E-state index is 0.0536. The molecule has 0 fully saturated rings. The number of ether oxygens (including phenoxy) is 1. The van der Waals surface area contributed by atoms with E-state index in [1.807, 2.05) is 26.8 Å². The third kappa shape index (κ3) is 3.67. The number of carbonyl (C=O) groups is 1. The second-order valence-electron chi connectivity index (χ2n) is 9.63. The van der Waals surface area contributed by atoms with Crippen molar-refractivity contribution in [3.8, 4) is 5.75 Å². The van der Waals surface area contributed by atoms with Gasteiger partial charge in [0, 0.05) is 42.9 Å². The fourth-order valence-electron chi connectivity index (χ4n) is 4.84. The van der Waals surface area contributed by atoms with Crippen LogP contribution in [0.15, 0.2) is 70.6 Å². The number of fused-ring (bicyclic) bond motifs is 2. The molecular weight excluding hydrogens is 492 g/mol. The molecule has 10 heteroatoms. The van der Waals surface area contributed by atoms with Crippen LogP contribution in [0.25, 0.3) is 10.9 Å². The average Bonchev–Trinajstić information content (AvgIpc) is 3.32. The van der Waals surface area contributed by atoms with Crippen LogP contribution in [-0.4, -0.2) is 22.9 Å². The molecule has 0 aliphatic carbocycles. The second kappa shape index (κ2) is 8.60. The highest BCUT2D eigenvalue weighted by Crippen LogP contribution is 2.45. The highest BCUT2D eigenvalue weighted by Gasteiger charge is 2.50. The smallest absolute Gasteiger partial charge is 0.275 e. The van der Waals surface area contributed by atoms with Gasteiger partial charge in [0.15, 0.2) is 0 Å². The Morgan fingerprint density at radius 3 is 2.43 bits per heavy atom. The highest BCUT2D eigenvalue weighted by atomic mass is 32.2. The topological polar surface area (TPSA) is 125 Å². The number of aromatic nitrogens is 2. The van der Waals surface area contributed by atoms with E-state index in [0.717, 1.165) is 15.1 Å². The van der Waals surface area contributed by atoms with Crippen LogP contribution < -0.4 is 21.3 Å². The zero-order valence-electron chi connectivity index (χ0n) is 21.0. The second-order valence-corrected chi connectivity index (χ2v) is 11.4. The molecule has 0 spiro atoms. The summed E-state index contributed by atoms with van der Waals surface area (Å²) < 4.78 is 35.8. The first kappa shape index (κ1) is 24.8. The number of rotatable bonds is 5. The number of pyridine rings is 1. The van der Waals surface area contributed by atoms with Crippen LogP contribution in [0.1, 0.15) is 30.5 Å². The number of carbonyl (C=O) groups excluding carboxylic acids is 1. The van der Waals surface area contributed by atoms with E-state index in [2.05, 4.69) is 5.32 Å². The Bertz CT molecular complexity index is 1720. The maximum atomic E-state index is 13.7. The fourth-order valence-corrected chi connectivity index (χ4v) is 6.19. The molecule has 9 nitrogen and oxygen atoms in total. The SMILES string of the molecule is Cc1ccc(S(=O)(=O)n2ccc3c(C4(C(C)C)Oc5ccc(CN)cc5NC4=O)cn(C)c(=O)c32)cc1. The van der Waals surface area contributed by atoms with Crippen molar-refractivity contribution in [2.24, 2.45) is 18.7 Å². The molecule has 0 saturated heterocycles. The summed E-state index contributed by atoms with van der Waals surface area (Å²) in [4.78, 5) is 27.1. The van der Waals surface area contributed by atoms with Gasteiger partial charge in [-0.15, -0.1) is 0 Å². The van der Waals surface area contributed by atoms with Crippen molar-refractivity contribution in [2.45, 2.75) is 37.8 Å². The van der Waals surface area contributed by atoms with E-state index < -0.39 is 27.1 Å². The van der Waals surface area contributed by atoms with E-state index in [4.69, 9.17) is 10.5 Å². The summed E-state index contributed by atoms with van der Waals surface area (Å²) in [5.41, 5.74) is 6.30. The highest BCUT2D eigenvalue weighted by molar-refractivity contribution is 7.90. The van der Waals surface area contributed by atoms with Crippen LogP contribution in [0.5, 0.6) is 5.75 Å². The van der Waals surface area contributed by atoms with Crippen molar-refractivity contribution >= 4 is 32.5 Å². The van der Waals surface area contributed by atoms with Crippen LogP contribution in [0, 0.1) is 12.8 Å². The Morgan fingerprint density at radius 2 is 1.78 bits per heavy atom. The zero-order valence-corrected chi connectivity index (χ0v) is 21.8. The first-order chi connectivity index (χ1) is 17.5. The van der Waals surface area contributed by atoms with Crippen LogP contribution in [-0.2, 0) is 34.0 Å². The van der Waals surface area contributed by atoms with Gasteiger partial charge in [-0.3, -0.25) is 9.59 Å². The molecule has 1 atom stereocenters. The lowest BCUT2D eigenvalue weighted by Gasteiger charge is -2.41. The number of hydrogen-bond donors (Lipinski definition) is 2. The lowest BCUT2D eigenvalue weighted by atomic mass is 9.80. The van der Waals surface area contributed by atoms with Crippen molar-refractivity contribution in [2.75, 3.05) is 5.32 Å². The molecule has 4 aromatic rings. The number of anilines is 1. The molecule has 0 saturated carbocycles. The fraction of sp³-hybridized carbons (Fsp3) is 0.259. The number of nitrogens with zero attached hydrogens (tertiary/aromatic N) is 2. The first-order valence-corrected chi connectivity index (χ1v) is 13.3. The molecule has 1 aliphatic heterocycles. The molecule has 1 aliphatic rings. The van der Waals surface area contributed by atoms with Gasteiger partial charge in [0.25, 0.3) is 21.5 Å². The Balaban J connectivity index is 1.77. The standard InChI is InChI=1S/C27H28N4O5S/c1-16(2)27(26(33)29-22-13-18(14-28)7-10-23(22)36-27)21-15-30(4)25(32)24-20(21)11-12-31(24)37(34,35)19-8-5-17(3)6-9-19/h5-13,15-16H,14,28H2,1-4H3,(H,29,33). The van der Waals surface area contributed by atoms with Crippen molar-refractivity contribution in [1.82, 2.24) is 8.54 Å². The van der Waals surface area contributed by atoms with Gasteiger partial charge >= 0.3 is 0 Å². The van der Waals surface area contributed by atoms with Gasteiger partial charge in [0.1, 0.15) is 11.3 Å². The summed E-state index contributed by atoms with van der Waals surface area (Å²) in [5.74, 6) is -0.343. The van der Waals surface area contributed by atoms with Gasteiger partial charge in [0.2, 0.25) is 5.60 Å². The van der Waals surface area contributed by atoms with Crippen molar-refractivity contribution in [3.63, 3.8) is 0 Å². The molecule has 37 heavy (non-hydrogen) atoms. The molecule has 192 valence electrons. The molecular formula is C27H28N4O5S. The zero-order chi connectivity index (χ0) is 26.7. The lowest BCUT2D eigenvalue weighted by Crippen LogP contribution is -2.52. The van der Waals surface area contributed by atoms with Crippen molar-refractivity contribution in [1.29, 1.82) is 0 Å². The monoisotopic (exact) mass is 520 g/mol. The summed E-state index contributed by atoms with van der Waals surface area (Å²) in [6, 6.07) is 13.3. The van der Waals surface area contributed by atoms with E-state index in [1.165, 1.54) is 29.9 Å². The molecule has 1 amide bonds. The van der Waals surface area contributed by atoms with Crippen LogP contribution in [0.4, 0.5) is 5.69 Å². The van der Waals surface area contributed by atoms with E-state index in [-0.39, 0.29) is 16.3 Å². The van der Waals surface area contributed by atoms with Crippen molar-refractivity contribution in [3.05, 3.63) is 88.0 Å². The summed E-state index contributed by atoms with van der Waals surface area (Å²) in [6.07, 6.45) is 2.90. The van der Waals surface area contributed by atoms with Crippen LogP contribution >= 0.6 is 0 Å². The molecule has 3 heterocycles. The van der Waals surface area contributed by atoms with Gasteiger partial charge in [-0.25, -0.2) is 12.4 Å². The Morgan fingerprint density at radius 1 is 1.08 bits per heavy atom. The van der Waals surface area contributed by atoms with E-state index in [0.29, 0.717) is 28.9 Å². The Hall–Kier alpha value is -3.89. The quantitative estimate of drug-likeness (QED) is 0.416. The third-order valence-electron chi connectivity index (χ3n) is 6.92.